The van der Waals surface area contributed by atoms with Gasteiger partial charge in [0.2, 0.25) is 0 Å². The van der Waals surface area contributed by atoms with E-state index in [-0.39, 0.29) is 5.69 Å². The van der Waals surface area contributed by atoms with E-state index in [9.17, 15) is 4.79 Å². The normalized spacial score (nSPS) is 20.5. The Morgan fingerprint density at radius 1 is 1.53 bits per heavy atom. The van der Waals surface area contributed by atoms with Gasteiger partial charge in [0, 0.05) is 12.6 Å². The van der Waals surface area contributed by atoms with Crippen molar-refractivity contribution >= 4 is 11.8 Å². The Hall–Kier alpha value is -1.65. The Kier molecular flexibility index (Phi) is 4.35. The second-order valence-electron chi connectivity index (χ2n) is 5.23. The van der Waals surface area contributed by atoms with Crippen LogP contribution in [0.2, 0.25) is 0 Å². The third-order valence-corrected chi connectivity index (χ3v) is 3.85. The Morgan fingerprint density at radius 3 is 2.89 bits per heavy atom. The van der Waals surface area contributed by atoms with Crippen LogP contribution in [0.3, 0.4) is 0 Å². The van der Waals surface area contributed by atoms with E-state index < -0.39 is 5.97 Å². The van der Waals surface area contributed by atoms with Gasteiger partial charge >= 0.3 is 5.97 Å². The molecule has 0 saturated carbocycles. The summed E-state index contributed by atoms with van der Waals surface area (Å²) in [5, 5.41) is 8.84. The van der Waals surface area contributed by atoms with E-state index >= 15 is 0 Å². The maximum Gasteiger partial charge on any atom is 0.356 e. The lowest BCUT2D eigenvalue weighted by molar-refractivity contribution is 0.0690. The Bertz CT molecular complexity index is 433. The fraction of sp³-hybridized carbons (Fsp3) is 0.643. The molecule has 1 N–H and O–H groups in total. The largest absolute Gasteiger partial charge is 0.476 e. The Labute approximate surface area is 113 Å². The quantitative estimate of drug-likeness (QED) is 0.884. The predicted octanol–water partition coefficient (Wildman–Crippen LogP) is 2.58. The van der Waals surface area contributed by atoms with E-state index in [2.05, 4.69) is 28.7 Å². The third-order valence-electron chi connectivity index (χ3n) is 3.85. The van der Waals surface area contributed by atoms with Crippen LogP contribution in [0.25, 0.3) is 0 Å². The van der Waals surface area contributed by atoms with E-state index in [1.165, 1.54) is 31.9 Å². The first-order valence-electron chi connectivity index (χ1n) is 6.95. The van der Waals surface area contributed by atoms with Crippen LogP contribution in [-0.4, -0.2) is 33.6 Å². The molecule has 0 spiro atoms. The van der Waals surface area contributed by atoms with Gasteiger partial charge in [-0.1, -0.05) is 20.3 Å². The molecule has 0 aromatic carbocycles. The number of hydrogen-bond acceptors (Lipinski definition) is 4. The zero-order chi connectivity index (χ0) is 13.8. The van der Waals surface area contributed by atoms with Gasteiger partial charge in [0.1, 0.15) is 5.82 Å². The smallest absolute Gasteiger partial charge is 0.356 e. The number of nitrogens with zero attached hydrogens (tertiary/aromatic N) is 3. The number of aromatic carboxylic acids is 1. The van der Waals surface area contributed by atoms with Crippen molar-refractivity contribution in [3.05, 3.63) is 18.1 Å². The van der Waals surface area contributed by atoms with Crippen molar-refractivity contribution in [2.24, 2.45) is 5.92 Å². The van der Waals surface area contributed by atoms with E-state index in [0.717, 1.165) is 12.4 Å². The minimum Gasteiger partial charge on any atom is -0.476 e. The molecule has 2 atom stereocenters. The highest BCUT2D eigenvalue weighted by Gasteiger charge is 2.29. The summed E-state index contributed by atoms with van der Waals surface area (Å²) < 4.78 is 0. The van der Waals surface area contributed by atoms with Gasteiger partial charge in [-0.05, 0) is 25.2 Å². The summed E-state index contributed by atoms with van der Waals surface area (Å²) in [5.41, 5.74) is 0.00102. The summed E-state index contributed by atoms with van der Waals surface area (Å²) in [7, 11) is 0. The first-order chi connectivity index (χ1) is 9.13. The second kappa shape index (κ2) is 5.99. The van der Waals surface area contributed by atoms with Gasteiger partial charge in [0.25, 0.3) is 0 Å². The molecule has 1 aliphatic rings. The third kappa shape index (κ3) is 3.03. The van der Waals surface area contributed by atoms with Crippen LogP contribution in [0.15, 0.2) is 12.4 Å². The topological polar surface area (TPSA) is 66.3 Å². The average molecular weight is 263 g/mol. The Morgan fingerprint density at radius 2 is 2.32 bits per heavy atom. The number of anilines is 1. The van der Waals surface area contributed by atoms with Crippen molar-refractivity contribution in [3.8, 4) is 0 Å². The summed E-state index contributed by atoms with van der Waals surface area (Å²) in [6, 6.07) is 0.505. The number of aromatic nitrogens is 2. The number of carboxylic acids is 1. The fourth-order valence-electron chi connectivity index (χ4n) is 2.90. The zero-order valence-electron chi connectivity index (χ0n) is 11.5. The molecular weight excluding hydrogens is 242 g/mol. The molecule has 1 aromatic rings. The van der Waals surface area contributed by atoms with Gasteiger partial charge < -0.3 is 10.0 Å². The lowest BCUT2D eigenvalue weighted by atomic mass is 9.95. The van der Waals surface area contributed by atoms with Crippen LogP contribution in [0.5, 0.6) is 0 Å². The van der Waals surface area contributed by atoms with Crippen molar-refractivity contribution in [2.45, 2.75) is 45.6 Å². The highest BCUT2D eigenvalue weighted by Crippen LogP contribution is 2.30. The summed E-state index contributed by atoms with van der Waals surface area (Å²) in [5.74, 6) is 0.403. The molecule has 0 amide bonds. The molecule has 0 radical (unpaired) electrons. The maximum absolute atomic E-state index is 10.8. The number of carboxylic acid groups (broad SMARTS) is 1. The van der Waals surface area contributed by atoms with Gasteiger partial charge in [-0.25, -0.2) is 14.8 Å². The Balaban J connectivity index is 2.13. The molecule has 0 bridgehead atoms. The molecule has 0 aliphatic carbocycles. The molecule has 1 aromatic heterocycles. The van der Waals surface area contributed by atoms with Crippen molar-refractivity contribution in [2.75, 3.05) is 11.4 Å². The van der Waals surface area contributed by atoms with Gasteiger partial charge in [-0.2, -0.15) is 0 Å². The monoisotopic (exact) mass is 263 g/mol. The van der Waals surface area contributed by atoms with E-state index in [1.54, 1.807) is 6.20 Å². The van der Waals surface area contributed by atoms with Crippen LogP contribution < -0.4 is 4.90 Å². The summed E-state index contributed by atoms with van der Waals surface area (Å²) >= 11 is 0. The van der Waals surface area contributed by atoms with Gasteiger partial charge in [0.15, 0.2) is 5.69 Å². The molecule has 2 rings (SSSR count). The fourth-order valence-corrected chi connectivity index (χ4v) is 2.90. The van der Waals surface area contributed by atoms with Crippen LogP contribution in [0.1, 0.15) is 50.0 Å². The lowest BCUT2D eigenvalue weighted by Crippen LogP contribution is -2.35. The lowest BCUT2D eigenvalue weighted by Gasteiger charge is -2.30. The molecule has 19 heavy (non-hydrogen) atoms. The van der Waals surface area contributed by atoms with E-state index in [0.29, 0.717) is 12.0 Å². The first-order valence-corrected chi connectivity index (χ1v) is 6.95. The number of carbonyl (C=O) groups is 1. The molecule has 1 aliphatic heterocycles. The van der Waals surface area contributed by atoms with Crippen molar-refractivity contribution < 1.29 is 9.90 Å². The SMILES string of the molecule is CCCC(C)C1CCCN1c1cnc(C(=O)O)cn1. The molecule has 5 nitrogen and oxygen atoms in total. The highest BCUT2D eigenvalue weighted by molar-refractivity contribution is 5.84. The van der Waals surface area contributed by atoms with E-state index in [1.807, 2.05) is 0 Å². The summed E-state index contributed by atoms with van der Waals surface area (Å²) in [6.45, 7) is 5.47. The van der Waals surface area contributed by atoms with Crippen molar-refractivity contribution in [1.82, 2.24) is 9.97 Å². The van der Waals surface area contributed by atoms with Crippen molar-refractivity contribution in [1.29, 1.82) is 0 Å². The van der Waals surface area contributed by atoms with Crippen LogP contribution >= 0.6 is 0 Å². The minimum absolute atomic E-state index is 0.00102. The average Bonchev–Trinajstić information content (AvgIpc) is 2.88. The molecule has 104 valence electrons. The molecule has 5 heteroatoms. The molecular formula is C14H21N3O2. The molecule has 2 heterocycles. The summed E-state index contributed by atoms with van der Waals surface area (Å²) in [6.07, 6.45) is 7.68. The highest BCUT2D eigenvalue weighted by atomic mass is 16.4. The van der Waals surface area contributed by atoms with Gasteiger partial charge in [-0.15, -0.1) is 0 Å². The second-order valence-corrected chi connectivity index (χ2v) is 5.23. The minimum atomic E-state index is -1.03. The van der Waals surface area contributed by atoms with E-state index in [4.69, 9.17) is 5.11 Å². The standard InChI is InChI=1S/C14H21N3O2/c1-3-5-10(2)12-6-4-7-17(12)13-9-15-11(8-16-13)14(18)19/h8-10,12H,3-7H2,1-2H3,(H,18,19). The summed E-state index contributed by atoms with van der Waals surface area (Å²) in [4.78, 5) is 21.3. The molecule has 1 fully saturated rings. The van der Waals surface area contributed by atoms with Gasteiger partial charge in [-0.3, -0.25) is 0 Å². The van der Waals surface area contributed by atoms with Crippen molar-refractivity contribution in [3.63, 3.8) is 0 Å². The van der Waals surface area contributed by atoms with Crippen LogP contribution in [0.4, 0.5) is 5.82 Å². The number of rotatable bonds is 5. The molecule has 2 unspecified atom stereocenters. The first kappa shape index (κ1) is 13.8. The van der Waals surface area contributed by atoms with Crippen LogP contribution in [0, 0.1) is 5.92 Å². The number of hydrogen-bond donors (Lipinski definition) is 1. The van der Waals surface area contributed by atoms with Crippen LogP contribution in [-0.2, 0) is 0 Å². The maximum atomic E-state index is 10.8. The van der Waals surface area contributed by atoms with Gasteiger partial charge in [0.05, 0.1) is 12.4 Å². The predicted molar refractivity (Wildman–Crippen MR) is 73.4 cm³/mol. The molecule has 1 saturated heterocycles. The zero-order valence-corrected chi connectivity index (χ0v) is 11.5.